The van der Waals surface area contributed by atoms with E-state index in [9.17, 15) is 9.50 Å². The average molecular weight is 282 g/mol. The summed E-state index contributed by atoms with van der Waals surface area (Å²) in [7, 11) is 0. The van der Waals surface area contributed by atoms with Crippen LogP contribution in [0.3, 0.4) is 0 Å². The number of halogens is 1. The van der Waals surface area contributed by atoms with Crippen molar-refractivity contribution in [2.24, 2.45) is 0 Å². The van der Waals surface area contributed by atoms with Crippen LogP contribution in [0.25, 0.3) is 0 Å². The van der Waals surface area contributed by atoms with E-state index in [0.717, 1.165) is 38.3 Å². The van der Waals surface area contributed by atoms with Gasteiger partial charge in [-0.05, 0) is 24.2 Å². The zero-order valence-corrected chi connectivity index (χ0v) is 11.9. The van der Waals surface area contributed by atoms with Crippen LogP contribution in [0.15, 0.2) is 24.3 Å². The van der Waals surface area contributed by atoms with Crippen LogP contribution >= 0.6 is 0 Å². The fraction of sp³-hybridized carbons (Fsp3) is 0.600. The van der Waals surface area contributed by atoms with E-state index in [1.807, 2.05) is 0 Å². The van der Waals surface area contributed by atoms with Gasteiger partial charge in [0, 0.05) is 26.2 Å². The van der Waals surface area contributed by atoms with Gasteiger partial charge in [-0.2, -0.15) is 0 Å². The van der Waals surface area contributed by atoms with Crippen molar-refractivity contribution >= 4 is 0 Å². The number of morpholine rings is 1. The minimum Gasteiger partial charge on any atom is -0.387 e. The number of ether oxygens (including phenoxy) is 1. The Kier molecular flexibility index (Phi) is 5.91. The molecule has 1 aromatic carbocycles. The van der Waals surface area contributed by atoms with Crippen LogP contribution in [0.5, 0.6) is 0 Å². The molecule has 0 amide bonds. The number of aliphatic hydroxyl groups excluding tert-OH is 1. The topological polar surface area (TPSA) is 44.7 Å². The lowest BCUT2D eigenvalue weighted by Crippen LogP contribution is -2.46. The van der Waals surface area contributed by atoms with Gasteiger partial charge >= 0.3 is 0 Å². The maximum absolute atomic E-state index is 12.8. The summed E-state index contributed by atoms with van der Waals surface area (Å²) in [4.78, 5) is 2.35. The van der Waals surface area contributed by atoms with Gasteiger partial charge < -0.3 is 15.2 Å². The quantitative estimate of drug-likeness (QED) is 0.822. The van der Waals surface area contributed by atoms with Gasteiger partial charge in [-0.25, -0.2) is 4.39 Å². The number of nitrogens with one attached hydrogen (secondary N) is 1. The predicted octanol–water partition coefficient (Wildman–Crippen LogP) is 1.17. The maximum Gasteiger partial charge on any atom is 0.123 e. The van der Waals surface area contributed by atoms with E-state index in [-0.39, 0.29) is 11.9 Å². The van der Waals surface area contributed by atoms with Gasteiger partial charge in [-0.3, -0.25) is 4.90 Å². The normalized spacial score (nSPS) is 21.9. The molecule has 0 spiro atoms. The van der Waals surface area contributed by atoms with Gasteiger partial charge in [-0.1, -0.05) is 19.1 Å². The lowest BCUT2D eigenvalue weighted by atomic mass is 10.1. The molecular weight excluding hydrogens is 259 g/mol. The van der Waals surface area contributed by atoms with E-state index < -0.39 is 6.10 Å². The molecule has 2 atom stereocenters. The first kappa shape index (κ1) is 15.4. The second kappa shape index (κ2) is 7.69. The van der Waals surface area contributed by atoms with Crippen molar-refractivity contribution < 1.29 is 14.2 Å². The highest BCUT2D eigenvalue weighted by molar-refractivity contribution is 5.18. The summed E-state index contributed by atoms with van der Waals surface area (Å²) < 4.78 is 18.5. The molecule has 4 nitrogen and oxygen atoms in total. The van der Waals surface area contributed by atoms with Gasteiger partial charge in [0.2, 0.25) is 0 Å². The lowest BCUT2D eigenvalue weighted by molar-refractivity contribution is -0.0262. The third-order valence-electron chi connectivity index (χ3n) is 3.63. The van der Waals surface area contributed by atoms with E-state index in [1.165, 1.54) is 12.1 Å². The highest BCUT2D eigenvalue weighted by Gasteiger charge is 2.19. The third-order valence-corrected chi connectivity index (χ3v) is 3.63. The molecule has 2 N–H and O–H groups in total. The molecule has 0 bridgehead atoms. The van der Waals surface area contributed by atoms with Crippen molar-refractivity contribution in [1.29, 1.82) is 0 Å². The largest absolute Gasteiger partial charge is 0.387 e. The first-order valence-electron chi connectivity index (χ1n) is 7.17. The number of benzene rings is 1. The van der Waals surface area contributed by atoms with E-state index >= 15 is 0 Å². The standard InChI is InChI=1S/C15H23FN2O2/c1-2-18-7-8-20-14(11-18)9-17-10-15(19)12-3-5-13(16)6-4-12/h3-6,14-15,17,19H,2,7-11H2,1H3. The highest BCUT2D eigenvalue weighted by Crippen LogP contribution is 2.12. The minimum atomic E-state index is -0.624. The van der Waals surface area contributed by atoms with Crippen molar-refractivity contribution in [3.8, 4) is 0 Å². The molecule has 112 valence electrons. The number of aliphatic hydroxyl groups is 1. The van der Waals surface area contributed by atoms with E-state index in [2.05, 4.69) is 17.1 Å². The van der Waals surface area contributed by atoms with E-state index in [0.29, 0.717) is 6.54 Å². The molecule has 2 rings (SSSR count). The summed E-state index contributed by atoms with van der Waals surface area (Å²) in [6, 6.07) is 5.94. The zero-order valence-electron chi connectivity index (χ0n) is 11.9. The maximum atomic E-state index is 12.8. The summed E-state index contributed by atoms with van der Waals surface area (Å²) in [5, 5.41) is 13.2. The molecule has 1 heterocycles. The van der Waals surface area contributed by atoms with Crippen molar-refractivity contribution in [2.45, 2.75) is 19.1 Å². The fourth-order valence-corrected chi connectivity index (χ4v) is 2.37. The molecule has 0 saturated carbocycles. The van der Waals surface area contributed by atoms with Gasteiger partial charge in [0.1, 0.15) is 5.82 Å². The summed E-state index contributed by atoms with van der Waals surface area (Å²) in [6.07, 6.45) is -0.453. The summed E-state index contributed by atoms with van der Waals surface area (Å²) >= 11 is 0. The number of rotatable bonds is 6. The molecule has 0 radical (unpaired) electrons. The first-order chi connectivity index (χ1) is 9.69. The second-order valence-corrected chi connectivity index (χ2v) is 5.11. The molecule has 0 aromatic heterocycles. The summed E-state index contributed by atoms with van der Waals surface area (Å²) in [5.74, 6) is -0.288. The monoisotopic (exact) mass is 282 g/mol. The van der Waals surface area contributed by atoms with Crippen LogP contribution in [0.4, 0.5) is 4.39 Å². The minimum absolute atomic E-state index is 0.170. The summed E-state index contributed by atoms with van der Waals surface area (Å²) in [5.41, 5.74) is 0.721. The SMILES string of the molecule is CCN1CCOC(CNCC(O)c2ccc(F)cc2)C1. The molecule has 1 aromatic rings. The highest BCUT2D eigenvalue weighted by atomic mass is 19.1. The van der Waals surface area contributed by atoms with Crippen LogP contribution in [0, 0.1) is 5.82 Å². The first-order valence-corrected chi connectivity index (χ1v) is 7.17. The number of hydrogen-bond acceptors (Lipinski definition) is 4. The van der Waals surface area contributed by atoms with Crippen molar-refractivity contribution in [2.75, 3.05) is 39.3 Å². The van der Waals surface area contributed by atoms with Gasteiger partial charge in [0.15, 0.2) is 0 Å². The molecule has 20 heavy (non-hydrogen) atoms. The lowest BCUT2D eigenvalue weighted by Gasteiger charge is -2.32. The van der Waals surface area contributed by atoms with Crippen LogP contribution in [-0.2, 0) is 4.74 Å². The Morgan fingerprint density at radius 3 is 2.90 bits per heavy atom. The predicted molar refractivity (Wildman–Crippen MR) is 76.1 cm³/mol. The molecule has 0 aliphatic carbocycles. The smallest absolute Gasteiger partial charge is 0.123 e. The molecule has 1 aliphatic rings. The number of nitrogens with zero attached hydrogens (tertiary/aromatic N) is 1. The van der Waals surface area contributed by atoms with E-state index in [1.54, 1.807) is 12.1 Å². The van der Waals surface area contributed by atoms with Crippen molar-refractivity contribution in [3.05, 3.63) is 35.6 Å². The Balaban J connectivity index is 1.71. The number of likely N-dealkylation sites (N-methyl/N-ethyl adjacent to an activating group) is 1. The fourth-order valence-electron chi connectivity index (χ4n) is 2.37. The molecule has 1 fully saturated rings. The molecule has 5 heteroatoms. The molecule has 1 saturated heterocycles. The van der Waals surface area contributed by atoms with Crippen LogP contribution in [0.2, 0.25) is 0 Å². The van der Waals surface area contributed by atoms with Gasteiger partial charge in [0.25, 0.3) is 0 Å². The summed E-state index contributed by atoms with van der Waals surface area (Å²) in [6.45, 7) is 7.03. The number of hydrogen-bond donors (Lipinski definition) is 2. The molecule has 1 aliphatic heterocycles. The Morgan fingerprint density at radius 1 is 1.45 bits per heavy atom. The van der Waals surface area contributed by atoms with Gasteiger partial charge in [0.05, 0.1) is 18.8 Å². The Labute approximate surface area is 119 Å². The van der Waals surface area contributed by atoms with Gasteiger partial charge in [-0.15, -0.1) is 0 Å². The Bertz CT molecular complexity index is 399. The average Bonchev–Trinajstić information content (AvgIpc) is 2.48. The molecular formula is C15H23FN2O2. The Hall–Kier alpha value is -1.01. The van der Waals surface area contributed by atoms with Crippen LogP contribution < -0.4 is 5.32 Å². The third kappa shape index (κ3) is 4.52. The van der Waals surface area contributed by atoms with Crippen LogP contribution in [-0.4, -0.2) is 55.4 Å². The van der Waals surface area contributed by atoms with Crippen LogP contribution in [0.1, 0.15) is 18.6 Å². The Morgan fingerprint density at radius 2 is 2.20 bits per heavy atom. The molecule has 2 unspecified atom stereocenters. The van der Waals surface area contributed by atoms with Crippen molar-refractivity contribution in [1.82, 2.24) is 10.2 Å². The van der Waals surface area contributed by atoms with E-state index in [4.69, 9.17) is 4.74 Å². The van der Waals surface area contributed by atoms with Crippen molar-refractivity contribution in [3.63, 3.8) is 0 Å². The zero-order chi connectivity index (χ0) is 14.4. The second-order valence-electron chi connectivity index (χ2n) is 5.11.